The Balaban J connectivity index is 2.09. The van der Waals surface area contributed by atoms with Crippen molar-refractivity contribution in [2.75, 3.05) is 13.1 Å². The van der Waals surface area contributed by atoms with Gasteiger partial charge in [0.05, 0.1) is 11.3 Å². The number of hydrogen-bond acceptors (Lipinski definition) is 4. The minimum Gasteiger partial charge on any atom is -0.478 e. The first kappa shape index (κ1) is 15.0. The van der Waals surface area contributed by atoms with Gasteiger partial charge in [0.2, 0.25) is 5.91 Å². The summed E-state index contributed by atoms with van der Waals surface area (Å²) in [6.45, 7) is 4.00. The van der Waals surface area contributed by atoms with E-state index in [1.807, 2.05) is 0 Å². The molecular weight excluding hydrogens is 274 g/mol. The van der Waals surface area contributed by atoms with Gasteiger partial charge >= 0.3 is 5.97 Å². The lowest BCUT2D eigenvalue weighted by atomic mass is 10.2. The van der Waals surface area contributed by atoms with Crippen LogP contribution >= 0.6 is 0 Å². The topological polar surface area (TPSA) is 99.6 Å². The normalized spacial score (nSPS) is 17.6. The number of aromatic carboxylic acids is 1. The van der Waals surface area contributed by atoms with E-state index in [9.17, 15) is 14.4 Å². The van der Waals surface area contributed by atoms with Crippen molar-refractivity contribution < 1.29 is 19.5 Å². The number of aromatic nitrogens is 1. The van der Waals surface area contributed by atoms with Gasteiger partial charge in [0.15, 0.2) is 0 Å². The molecule has 0 aromatic carbocycles. The second kappa shape index (κ2) is 5.90. The van der Waals surface area contributed by atoms with E-state index in [0.717, 1.165) is 0 Å². The van der Waals surface area contributed by atoms with E-state index in [2.05, 4.69) is 10.3 Å². The Bertz CT molecular complexity index is 600. The van der Waals surface area contributed by atoms with Crippen LogP contribution in [0.1, 0.15) is 39.9 Å². The summed E-state index contributed by atoms with van der Waals surface area (Å²) in [5, 5.41) is 11.7. The largest absolute Gasteiger partial charge is 0.478 e. The molecule has 1 saturated heterocycles. The minimum absolute atomic E-state index is 0.0363. The first-order valence-corrected chi connectivity index (χ1v) is 6.66. The zero-order chi connectivity index (χ0) is 15.6. The van der Waals surface area contributed by atoms with Crippen molar-refractivity contribution in [1.82, 2.24) is 15.2 Å². The van der Waals surface area contributed by atoms with Gasteiger partial charge in [-0.15, -0.1) is 0 Å². The number of carboxylic acids is 1. The predicted octanol–water partition coefficient (Wildman–Crippen LogP) is 0.439. The number of carbonyl (C=O) groups is 3. The Hall–Kier alpha value is -2.44. The lowest BCUT2D eigenvalue weighted by molar-refractivity contribution is -0.119. The second-order valence-corrected chi connectivity index (χ2v) is 5.07. The zero-order valence-electron chi connectivity index (χ0n) is 11.9. The fourth-order valence-electron chi connectivity index (χ4n) is 2.42. The summed E-state index contributed by atoms with van der Waals surface area (Å²) in [6, 6.07) is 2.77. The summed E-state index contributed by atoms with van der Waals surface area (Å²) >= 11 is 0. The minimum atomic E-state index is -1.06. The summed E-state index contributed by atoms with van der Waals surface area (Å²) in [5.41, 5.74) is 0.621. The summed E-state index contributed by atoms with van der Waals surface area (Å²) < 4.78 is 0. The van der Waals surface area contributed by atoms with Crippen molar-refractivity contribution in [3.8, 4) is 0 Å². The van der Waals surface area contributed by atoms with E-state index in [1.54, 1.807) is 11.8 Å². The number of carbonyl (C=O) groups excluding carboxylic acids is 2. The molecule has 0 bridgehead atoms. The van der Waals surface area contributed by atoms with Crippen LogP contribution in [0.3, 0.4) is 0 Å². The molecule has 1 atom stereocenters. The van der Waals surface area contributed by atoms with Crippen molar-refractivity contribution in [2.24, 2.45) is 0 Å². The van der Waals surface area contributed by atoms with Crippen LogP contribution in [0.5, 0.6) is 0 Å². The first-order chi connectivity index (χ1) is 9.88. The molecule has 0 radical (unpaired) electrons. The van der Waals surface area contributed by atoms with E-state index in [4.69, 9.17) is 5.11 Å². The van der Waals surface area contributed by atoms with E-state index in [-0.39, 0.29) is 29.1 Å². The molecule has 7 nitrogen and oxygen atoms in total. The van der Waals surface area contributed by atoms with Gasteiger partial charge in [0.1, 0.15) is 5.69 Å². The highest BCUT2D eigenvalue weighted by Crippen LogP contribution is 2.14. The van der Waals surface area contributed by atoms with E-state index < -0.39 is 5.97 Å². The van der Waals surface area contributed by atoms with Crippen molar-refractivity contribution in [1.29, 1.82) is 0 Å². The zero-order valence-corrected chi connectivity index (χ0v) is 11.9. The molecule has 2 heterocycles. The quantitative estimate of drug-likeness (QED) is 0.841. The van der Waals surface area contributed by atoms with Crippen LogP contribution in [0.15, 0.2) is 12.1 Å². The third-order valence-electron chi connectivity index (χ3n) is 3.42. The summed E-state index contributed by atoms with van der Waals surface area (Å²) in [7, 11) is 0. The number of amides is 2. The Morgan fingerprint density at radius 3 is 2.67 bits per heavy atom. The second-order valence-electron chi connectivity index (χ2n) is 5.07. The number of likely N-dealkylation sites (tertiary alicyclic amines) is 1. The van der Waals surface area contributed by atoms with Crippen LogP contribution < -0.4 is 5.32 Å². The number of nitrogens with one attached hydrogen (secondary N) is 1. The maximum absolute atomic E-state index is 12.3. The van der Waals surface area contributed by atoms with Crippen LogP contribution in [0.2, 0.25) is 0 Å². The SMILES string of the molecule is CC(=O)NC1CCN(C(=O)c2ccc(C(=O)O)c(C)n2)C1. The third-order valence-corrected chi connectivity index (χ3v) is 3.42. The van der Waals surface area contributed by atoms with Crippen molar-refractivity contribution in [2.45, 2.75) is 26.3 Å². The summed E-state index contributed by atoms with van der Waals surface area (Å²) in [6.07, 6.45) is 0.706. The van der Waals surface area contributed by atoms with Gasteiger partial charge in [-0.2, -0.15) is 0 Å². The molecule has 2 N–H and O–H groups in total. The number of aryl methyl sites for hydroxylation is 1. The molecule has 112 valence electrons. The predicted molar refractivity (Wildman–Crippen MR) is 74.1 cm³/mol. The number of hydrogen-bond donors (Lipinski definition) is 2. The molecule has 2 rings (SSSR count). The van der Waals surface area contributed by atoms with E-state index in [1.165, 1.54) is 19.1 Å². The number of nitrogens with zero attached hydrogens (tertiary/aromatic N) is 2. The average Bonchev–Trinajstić information content (AvgIpc) is 2.84. The highest BCUT2D eigenvalue weighted by atomic mass is 16.4. The van der Waals surface area contributed by atoms with Gasteiger partial charge in [-0.25, -0.2) is 9.78 Å². The van der Waals surface area contributed by atoms with Gasteiger partial charge in [0.25, 0.3) is 5.91 Å². The molecule has 1 aliphatic rings. The summed E-state index contributed by atoms with van der Waals surface area (Å²) in [4.78, 5) is 39.9. The summed E-state index contributed by atoms with van der Waals surface area (Å²) in [5.74, 6) is -1.43. The highest BCUT2D eigenvalue weighted by Gasteiger charge is 2.28. The molecule has 0 spiro atoms. The maximum atomic E-state index is 12.3. The molecule has 21 heavy (non-hydrogen) atoms. The number of carboxylic acid groups (broad SMARTS) is 1. The van der Waals surface area contributed by atoms with Crippen molar-refractivity contribution in [3.05, 3.63) is 29.1 Å². The van der Waals surface area contributed by atoms with Gasteiger partial charge in [-0.1, -0.05) is 0 Å². The number of rotatable bonds is 3. The van der Waals surface area contributed by atoms with Crippen molar-refractivity contribution >= 4 is 17.8 Å². The van der Waals surface area contributed by atoms with E-state index >= 15 is 0 Å². The lowest BCUT2D eigenvalue weighted by Crippen LogP contribution is -2.37. The molecule has 1 aliphatic heterocycles. The molecule has 1 aromatic heterocycles. The smallest absolute Gasteiger partial charge is 0.337 e. The molecule has 1 aromatic rings. The third kappa shape index (κ3) is 3.36. The molecule has 2 amide bonds. The molecule has 0 aliphatic carbocycles. The average molecular weight is 291 g/mol. The van der Waals surface area contributed by atoms with E-state index in [0.29, 0.717) is 25.2 Å². The fourth-order valence-corrected chi connectivity index (χ4v) is 2.42. The Kier molecular flexibility index (Phi) is 4.21. The Morgan fingerprint density at radius 1 is 1.38 bits per heavy atom. The van der Waals surface area contributed by atoms with Crippen LogP contribution in [0, 0.1) is 6.92 Å². The Morgan fingerprint density at radius 2 is 2.10 bits per heavy atom. The van der Waals surface area contributed by atoms with Gasteiger partial charge in [0, 0.05) is 26.1 Å². The molecule has 0 saturated carbocycles. The van der Waals surface area contributed by atoms with Gasteiger partial charge in [-0.05, 0) is 25.5 Å². The fraction of sp³-hybridized carbons (Fsp3) is 0.429. The molecule has 1 unspecified atom stereocenters. The van der Waals surface area contributed by atoms with Crippen LogP contribution in [-0.4, -0.2) is 51.9 Å². The van der Waals surface area contributed by atoms with Crippen molar-refractivity contribution in [3.63, 3.8) is 0 Å². The standard InChI is InChI=1S/C14H17N3O4/c1-8-11(14(20)21)3-4-12(15-8)13(19)17-6-5-10(7-17)16-9(2)18/h3-4,10H,5-7H2,1-2H3,(H,16,18)(H,20,21). The maximum Gasteiger partial charge on any atom is 0.337 e. The first-order valence-electron chi connectivity index (χ1n) is 6.66. The monoisotopic (exact) mass is 291 g/mol. The lowest BCUT2D eigenvalue weighted by Gasteiger charge is -2.16. The Labute approximate surface area is 122 Å². The molecule has 1 fully saturated rings. The molecule has 7 heteroatoms. The molecular formula is C14H17N3O4. The van der Waals surface area contributed by atoms with Crippen LogP contribution in [-0.2, 0) is 4.79 Å². The highest BCUT2D eigenvalue weighted by molar-refractivity contribution is 5.94. The van der Waals surface area contributed by atoms with Gasteiger partial charge < -0.3 is 15.3 Å². The number of pyridine rings is 1. The van der Waals surface area contributed by atoms with Crippen LogP contribution in [0.4, 0.5) is 0 Å². The van der Waals surface area contributed by atoms with Gasteiger partial charge in [-0.3, -0.25) is 9.59 Å². The van der Waals surface area contributed by atoms with Crippen LogP contribution in [0.25, 0.3) is 0 Å².